The van der Waals surface area contributed by atoms with Crippen molar-refractivity contribution < 1.29 is 27.4 Å². The highest BCUT2D eigenvalue weighted by Gasteiger charge is 2.23. The average molecular weight is 581 g/mol. The van der Waals surface area contributed by atoms with Crippen LogP contribution in [-0.2, 0) is 16.6 Å². The number of anilines is 1. The highest BCUT2D eigenvalue weighted by atomic mass is 35.5. The van der Waals surface area contributed by atoms with Crippen molar-refractivity contribution in [1.29, 1.82) is 0 Å². The molecule has 4 rings (SSSR count). The fourth-order valence-corrected chi connectivity index (χ4v) is 4.91. The van der Waals surface area contributed by atoms with Crippen LogP contribution >= 0.6 is 11.6 Å². The predicted octanol–water partition coefficient (Wildman–Crippen LogP) is 5.92. The van der Waals surface area contributed by atoms with Gasteiger partial charge in [-0.15, -0.1) is 0 Å². The van der Waals surface area contributed by atoms with Crippen molar-refractivity contribution in [2.45, 2.75) is 6.54 Å². The van der Waals surface area contributed by atoms with Gasteiger partial charge in [0.05, 0.1) is 32.1 Å². The van der Waals surface area contributed by atoms with Crippen LogP contribution in [0.5, 0.6) is 23.0 Å². The topological polar surface area (TPSA) is 94.2 Å². The maximum Gasteiger partial charge on any atom is 0.251 e. The van der Waals surface area contributed by atoms with E-state index in [9.17, 15) is 13.2 Å². The molecule has 0 heterocycles. The molecule has 0 aliphatic rings. The lowest BCUT2D eigenvalue weighted by molar-refractivity contribution is 0.0946. The minimum atomic E-state index is -3.72. The summed E-state index contributed by atoms with van der Waals surface area (Å²) in [6.45, 7) is 0.568. The number of benzene rings is 4. The molecule has 0 aliphatic carbocycles. The number of carbonyl (C=O) groups is 1. The Balaban J connectivity index is 1.43. The summed E-state index contributed by atoms with van der Waals surface area (Å²) in [5.41, 5.74) is 1.41. The van der Waals surface area contributed by atoms with Crippen molar-refractivity contribution in [3.05, 3.63) is 113 Å². The van der Waals surface area contributed by atoms with E-state index in [1.807, 2.05) is 30.3 Å². The van der Waals surface area contributed by atoms with Crippen LogP contribution in [0.3, 0.4) is 0 Å². The number of halogens is 1. The first-order valence-corrected chi connectivity index (χ1v) is 14.6. The molecule has 1 amide bonds. The lowest BCUT2D eigenvalue weighted by atomic mass is 10.1. The normalized spacial score (nSPS) is 11.0. The zero-order chi connectivity index (χ0) is 28.5. The Kier molecular flexibility index (Phi) is 9.52. The second-order valence-corrected chi connectivity index (χ2v) is 11.1. The number of hydrogen-bond acceptors (Lipinski definition) is 6. The van der Waals surface area contributed by atoms with E-state index in [-0.39, 0.29) is 19.1 Å². The molecule has 40 heavy (non-hydrogen) atoms. The zero-order valence-corrected chi connectivity index (χ0v) is 23.6. The van der Waals surface area contributed by atoms with Crippen molar-refractivity contribution in [2.24, 2.45) is 0 Å². The van der Waals surface area contributed by atoms with Crippen molar-refractivity contribution in [3.63, 3.8) is 0 Å². The summed E-state index contributed by atoms with van der Waals surface area (Å²) < 4.78 is 43.9. The Labute approximate surface area is 239 Å². The number of sulfonamides is 1. The van der Waals surface area contributed by atoms with Gasteiger partial charge in [-0.05, 0) is 60.2 Å². The summed E-state index contributed by atoms with van der Waals surface area (Å²) in [7, 11) is -2.16. The largest absolute Gasteiger partial charge is 0.493 e. The van der Waals surface area contributed by atoms with Gasteiger partial charge < -0.3 is 19.5 Å². The third-order valence-electron chi connectivity index (χ3n) is 5.82. The maximum absolute atomic E-state index is 12.9. The average Bonchev–Trinajstić information content (AvgIpc) is 2.95. The molecule has 4 aromatic rings. The molecule has 208 valence electrons. The Morgan fingerprint density at radius 2 is 1.55 bits per heavy atom. The molecule has 0 saturated heterocycles. The van der Waals surface area contributed by atoms with Crippen LogP contribution in [0.25, 0.3) is 0 Å². The molecular weight excluding hydrogens is 552 g/mol. The molecular formula is C30H29ClN2O6S. The Hall–Kier alpha value is -4.21. The van der Waals surface area contributed by atoms with Crippen LogP contribution in [0, 0.1) is 0 Å². The number of nitrogens with one attached hydrogen (secondary N) is 1. The molecule has 0 bridgehead atoms. The van der Waals surface area contributed by atoms with Crippen molar-refractivity contribution in [1.82, 2.24) is 5.32 Å². The molecule has 0 aliphatic heterocycles. The second-order valence-electron chi connectivity index (χ2n) is 8.75. The minimum Gasteiger partial charge on any atom is -0.493 e. The van der Waals surface area contributed by atoms with Gasteiger partial charge in [0.15, 0.2) is 17.2 Å². The molecule has 0 radical (unpaired) electrons. The van der Waals surface area contributed by atoms with Crippen LogP contribution < -0.4 is 23.8 Å². The van der Waals surface area contributed by atoms with Gasteiger partial charge in [-0.1, -0.05) is 54.1 Å². The third kappa shape index (κ3) is 7.68. The summed E-state index contributed by atoms with van der Waals surface area (Å²) in [6, 6.07) is 27.9. The van der Waals surface area contributed by atoms with Gasteiger partial charge in [-0.3, -0.25) is 9.10 Å². The smallest absolute Gasteiger partial charge is 0.251 e. The second kappa shape index (κ2) is 13.2. The molecule has 1 N–H and O–H groups in total. The van der Waals surface area contributed by atoms with Gasteiger partial charge in [0.25, 0.3) is 5.91 Å². The van der Waals surface area contributed by atoms with Crippen LogP contribution in [-0.4, -0.2) is 40.8 Å². The molecule has 0 saturated carbocycles. The van der Waals surface area contributed by atoms with E-state index in [4.69, 9.17) is 25.8 Å². The first kappa shape index (κ1) is 28.8. The summed E-state index contributed by atoms with van der Waals surface area (Å²) in [6.07, 6.45) is 1.12. The quantitative estimate of drug-likeness (QED) is 0.209. The standard InChI is InChI=1S/C30H29ClN2O6S/c1-37-28-10-6-7-11-29(28)38-19-18-32-30(34)23-14-12-22(13-15-23)21-33(40(2,35)36)26-20-24(31)16-17-27(26)39-25-8-4-3-5-9-25/h3-17,20H,18-19,21H2,1-2H3,(H,32,34). The highest BCUT2D eigenvalue weighted by Crippen LogP contribution is 2.37. The zero-order valence-electron chi connectivity index (χ0n) is 22.0. The van der Waals surface area contributed by atoms with Gasteiger partial charge in [-0.25, -0.2) is 8.42 Å². The van der Waals surface area contributed by atoms with E-state index >= 15 is 0 Å². The van der Waals surface area contributed by atoms with Crippen LogP contribution in [0.1, 0.15) is 15.9 Å². The molecule has 8 nitrogen and oxygen atoms in total. The fourth-order valence-electron chi connectivity index (χ4n) is 3.86. The molecule has 10 heteroatoms. The lowest BCUT2D eigenvalue weighted by Gasteiger charge is -2.25. The third-order valence-corrected chi connectivity index (χ3v) is 7.18. The Morgan fingerprint density at radius 3 is 2.23 bits per heavy atom. The summed E-state index contributed by atoms with van der Waals surface area (Å²) in [4.78, 5) is 12.6. The number of amides is 1. The summed E-state index contributed by atoms with van der Waals surface area (Å²) in [5.74, 6) is 1.83. The highest BCUT2D eigenvalue weighted by molar-refractivity contribution is 7.92. The van der Waals surface area contributed by atoms with Crippen molar-refractivity contribution in [3.8, 4) is 23.0 Å². The Morgan fingerprint density at radius 1 is 0.875 bits per heavy atom. The lowest BCUT2D eigenvalue weighted by Crippen LogP contribution is -2.30. The molecule has 0 atom stereocenters. The number of carbonyl (C=O) groups excluding carboxylic acids is 1. The molecule has 0 aromatic heterocycles. The predicted molar refractivity (Wildman–Crippen MR) is 156 cm³/mol. The SMILES string of the molecule is COc1ccccc1OCCNC(=O)c1ccc(CN(c2cc(Cl)ccc2Oc2ccccc2)S(C)(=O)=O)cc1. The molecule has 0 fully saturated rings. The van der Waals surface area contributed by atoms with Gasteiger partial charge in [0.1, 0.15) is 12.4 Å². The first-order valence-electron chi connectivity index (χ1n) is 12.4. The number of nitrogens with zero attached hydrogens (tertiary/aromatic N) is 1. The van der Waals surface area contributed by atoms with E-state index in [0.29, 0.717) is 51.4 Å². The fraction of sp³-hybridized carbons (Fsp3) is 0.167. The van der Waals surface area contributed by atoms with Gasteiger partial charge in [-0.2, -0.15) is 0 Å². The number of para-hydroxylation sites is 3. The Bertz CT molecular complexity index is 1550. The molecule has 0 unspecified atom stereocenters. The van der Waals surface area contributed by atoms with E-state index in [1.54, 1.807) is 73.8 Å². The summed E-state index contributed by atoms with van der Waals surface area (Å²) >= 11 is 6.24. The monoisotopic (exact) mass is 580 g/mol. The number of hydrogen-bond donors (Lipinski definition) is 1. The minimum absolute atomic E-state index is 0.0129. The van der Waals surface area contributed by atoms with Crippen LogP contribution in [0.2, 0.25) is 5.02 Å². The van der Waals surface area contributed by atoms with E-state index in [0.717, 1.165) is 6.26 Å². The van der Waals surface area contributed by atoms with E-state index < -0.39 is 10.0 Å². The van der Waals surface area contributed by atoms with Crippen molar-refractivity contribution >= 4 is 33.2 Å². The first-order chi connectivity index (χ1) is 19.2. The maximum atomic E-state index is 12.9. The number of rotatable bonds is 12. The van der Waals surface area contributed by atoms with Crippen LogP contribution in [0.4, 0.5) is 5.69 Å². The van der Waals surface area contributed by atoms with E-state index in [1.165, 1.54) is 4.31 Å². The van der Waals surface area contributed by atoms with Gasteiger partial charge in [0, 0.05) is 10.6 Å². The van der Waals surface area contributed by atoms with Crippen LogP contribution in [0.15, 0.2) is 97.1 Å². The number of ether oxygens (including phenoxy) is 3. The number of methoxy groups -OCH3 is 1. The molecule has 0 spiro atoms. The molecule has 4 aromatic carbocycles. The van der Waals surface area contributed by atoms with E-state index in [2.05, 4.69) is 5.32 Å². The van der Waals surface area contributed by atoms with Gasteiger partial charge >= 0.3 is 0 Å². The van der Waals surface area contributed by atoms with Crippen molar-refractivity contribution in [2.75, 3.05) is 30.8 Å². The van der Waals surface area contributed by atoms with Gasteiger partial charge in [0.2, 0.25) is 10.0 Å². The summed E-state index contributed by atoms with van der Waals surface area (Å²) in [5, 5.41) is 3.18.